The van der Waals surface area contributed by atoms with Crippen molar-refractivity contribution >= 4 is 28.8 Å². The van der Waals surface area contributed by atoms with Gasteiger partial charge in [-0.05, 0) is 55.8 Å². The topological polar surface area (TPSA) is 141 Å². The van der Waals surface area contributed by atoms with Crippen LogP contribution in [0.1, 0.15) is 39.7 Å². The molecule has 1 saturated heterocycles. The van der Waals surface area contributed by atoms with Crippen molar-refractivity contribution in [3.63, 3.8) is 0 Å². The predicted octanol–water partition coefficient (Wildman–Crippen LogP) is 3.13. The number of nitrogens with two attached hydrogens (primary N) is 1. The molecule has 0 aliphatic carbocycles. The summed E-state index contributed by atoms with van der Waals surface area (Å²) in [6, 6.07) is 12.3. The van der Waals surface area contributed by atoms with Gasteiger partial charge in [0.2, 0.25) is 0 Å². The number of hydrogen-bond donors (Lipinski definition) is 3. The smallest absolute Gasteiger partial charge is 0.274 e. The minimum atomic E-state index is -0.406. The molecule has 0 saturated carbocycles. The highest BCUT2D eigenvalue weighted by molar-refractivity contribution is 6.15. The summed E-state index contributed by atoms with van der Waals surface area (Å²) < 4.78 is 5.61. The van der Waals surface area contributed by atoms with Gasteiger partial charge in [0, 0.05) is 48.0 Å². The molecular formula is C25H25N7O2. The average molecular weight is 456 g/mol. The van der Waals surface area contributed by atoms with Crippen molar-refractivity contribution in [2.75, 3.05) is 35.6 Å². The fourth-order valence-electron chi connectivity index (χ4n) is 3.84. The third kappa shape index (κ3) is 4.87. The summed E-state index contributed by atoms with van der Waals surface area (Å²) in [6.07, 6.45) is 3.16. The number of nitrogens with zero attached hydrogens (tertiary/aromatic N) is 4. The first-order chi connectivity index (χ1) is 16.4. The number of carbonyl (C=O) groups is 1. The summed E-state index contributed by atoms with van der Waals surface area (Å²) >= 11 is 0. The number of aryl methyl sites for hydroxylation is 1. The number of carbonyl (C=O) groups excluding carboxylic acids is 1. The molecule has 3 heterocycles. The molecule has 0 radical (unpaired) electrons. The lowest BCUT2D eigenvalue weighted by molar-refractivity contribution is 0.0529. The summed E-state index contributed by atoms with van der Waals surface area (Å²) in [5, 5.41) is 20.6. The summed E-state index contributed by atoms with van der Waals surface area (Å²) in [5.41, 5.74) is 9.71. The van der Waals surface area contributed by atoms with Crippen molar-refractivity contribution in [1.82, 2.24) is 9.97 Å². The van der Waals surface area contributed by atoms with E-state index in [0.717, 1.165) is 18.9 Å². The van der Waals surface area contributed by atoms with Gasteiger partial charge in [-0.1, -0.05) is 0 Å². The summed E-state index contributed by atoms with van der Waals surface area (Å²) in [5.74, 6) is 0.375. The number of nitriles is 1. The predicted molar refractivity (Wildman–Crippen MR) is 130 cm³/mol. The zero-order chi connectivity index (χ0) is 24.2. The zero-order valence-corrected chi connectivity index (χ0v) is 19.0. The molecule has 0 bridgehead atoms. The van der Waals surface area contributed by atoms with Gasteiger partial charge in [-0.3, -0.25) is 10.2 Å². The van der Waals surface area contributed by atoms with E-state index in [4.69, 9.17) is 21.1 Å². The maximum Gasteiger partial charge on any atom is 0.274 e. The van der Waals surface area contributed by atoms with E-state index in [9.17, 15) is 4.79 Å². The normalized spacial score (nSPS) is 15.4. The average Bonchev–Trinajstić information content (AvgIpc) is 2.84. The van der Waals surface area contributed by atoms with E-state index in [2.05, 4.69) is 20.2 Å². The first-order valence-corrected chi connectivity index (χ1v) is 10.8. The van der Waals surface area contributed by atoms with Crippen LogP contribution in [-0.2, 0) is 4.74 Å². The number of anilines is 3. The second-order valence-electron chi connectivity index (χ2n) is 8.16. The molecule has 9 nitrogen and oxygen atoms in total. The van der Waals surface area contributed by atoms with Crippen LogP contribution in [-0.4, -0.2) is 47.4 Å². The number of nitrogens with one attached hydrogen (secondary N) is 2. The van der Waals surface area contributed by atoms with Crippen LogP contribution < -0.4 is 16.0 Å². The molecule has 1 fully saturated rings. The molecule has 4 N–H and O–H groups in total. The molecule has 1 atom stereocenters. The molecule has 1 aliphatic heterocycles. The van der Waals surface area contributed by atoms with Crippen LogP contribution in [0.25, 0.3) is 0 Å². The lowest BCUT2D eigenvalue weighted by Crippen LogP contribution is -2.41. The van der Waals surface area contributed by atoms with Gasteiger partial charge in [0.25, 0.3) is 5.91 Å². The van der Waals surface area contributed by atoms with Crippen molar-refractivity contribution in [3.8, 4) is 6.07 Å². The third-order valence-corrected chi connectivity index (χ3v) is 5.60. The highest BCUT2D eigenvalue weighted by atomic mass is 16.5. The van der Waals surface area contributed by atoms with Gasteiger partial charge in [-0.2, -0.15) is 5.26 Å². The molecule has 1 unspecified atom stereocenters. The largest absolute Gasteiger partial charge is 0.398 e. The van der Waals surface area contributed by atoms with E-state index in [-0.39, 0.29) is 17.5 Å². The van der Waals surface area contributed by atoms with E-state index in [0.29, 0.717) is 40.2 Å². The third-order valence-electron chi connectivity index (χ3n) is 5.60. The van der Waals surface area contributed by atoms with E-state index in [1.165, 1.54) is 6.20 Å². The van der Waals surface area contributed by atoms with Gasteiger partial charge in [-0.15, -0.1) is 0 Å². The van der Waals surface area contributed by atoms with E-state index in [1.54, 1.807) is 43.5 Å². The van der Waals surface area contributed by atoms with Crippen molar-refractivity contribution in [2.45, 2.75) is 20.0 Å². The Morgan fingerprint density at radius 1 is 1.29 bits per heavy atom. The number of rotatable bonds is 5. The second kappa shape index (κ2) is 9.68. The lowest BCUT2D eigenvalue weighted by atomic mass is 10.0. The van der Waals surface area contributed by atoms with Crippen molar-refractivity contribution in [1.29, 1.82) is 10.7 Å². The molecule has 0 spiro atoms. The highest BCUT2D eigenvalue weighted by Gasteiger charge is 2.19. The minimum absolute atomic E-state index is 0.115. The molecule has 4 rings (SSSR count). The SMILES string of the molecule is Cc1cc(C#N)cnc1C(=O)Nc1ccc(N)c(C(=N)c2ccnc(N3CCOC(C)C3)c2)c1. The number of aromatic nitrogens is 2. The summed E-state index contributed by atoms with van der Waals surface area (Å²) in [7, 11) is 0. The van der Waals surface area contributed by atoms with Crippen LogP contribution in [0.2, 0.25) is 0 Å². The van der Waals surface area contributed by atoms with E-state index in [1.807, 2.05) is 19.1 Å². The Balaban J connectivity index is 1.56. The van der Waals surface area contributed by atoms with Gasteiger partial charge >= 0.3 is 0 Å². The number of nitrogen functional groups attached to an aromatic ring is 1. The van der Waals surface area contributed by atoms with Gasteiger partial charge in [0.1, 0.15) is 17.6 Å². The fourth-order valence-corrected chi connectivity index (χ4v) is 3.84. The quantitative estimate of drug-likeness (QED) is 0.396. The summed E-state index contributed by atoms with van der Waals surface area (Å²) in [4.78, 5) is 23.5. The fraction of sp³-hybridized carbons (Fsp3) is 0.240. The van der Waals surface area contributed by atoms with Crippen LogP contribution in [0.3, 0.4) is 0 Å². The Labute approximate surface area is 197 Å². The number of hydrogen-bond acceptors (Lipinski definition) is 8. The Kier molecular flexibility index (Phi) is 6.52. The second-order valence-corrected chi connectivity index (χ2v) is 8.16. The van der Waals surface area contributed by atoms with Gasteiger partial charge in [-0.25, -0.2) is 9.97 Å². The maximum atomic E-state index is 12.8. The molecule has 9 heteroatoms. The Morgan fingerprint density at radius 3 is 2.85 bits per heavy atom. The van der Waals surface area contributed by atoms with Gasteiger partial charge in [0.05, 0.1) is 24.0 Å². The molecule has 1 aliphatic rings. The van der Waals surface area contributed by atoms with E-state index < -0.39 is 5.91 Å². The zero-order valence-electron chi connectivity index (χ0n) is 19.0. The standard InChI is InChI=1S/C25H25N7O2/c1-15-9-17(12-26)13-30-24(15)25(33)31-19-3-4-21(27)20(11-19)23(28)18-5-6-29-22(10-18)32-7-8-34-16(2)14-32/h3-6,9-11,13,16,28H,7-8,14,27H2,1-2H3,(H,31,33). The Morgan fingerprint density at radius 2 is 2.12 bits per heavy atom. The lowest BCUT2D eigenvalue weighted by Gasteiger charge is -2.32. The molecule has 1 aromatic carbocycles. The first-order valence-electron chi connectivity index (χ1n) is 10.8. The van der Waals surface area contributed by atoms with E-state index >= 15 is 0 Å². The number of amides is 1. The summed E-state index contributed by atoms with van der Waals surface area (Å²) in [6.45, 7) is 5.85. The van der Waals surface area contributed by atoms with Crippen LogP contribution >= 0.6 is 0 Å². The Bertz CT molecular complexity index is 1300. The first kappa shape index (κ1) is 22.9. The highest BCUT2D eigenvalue weighted by Crippen LogP contribution is 2.24. The molecule has 34 heavy (non-hydrogen) atoms. The molecule has 1 amide bonds. The van der Waals surface area contributed by atoms with Gasteiger partial charge < -0.3 is 20.7 Å². The minimum Gasteiger partial charge on any atom is -0.398 e. The molecule has 2 aromatic heterocycles. The maximum absolute atomic E-state index is 12.8. The van der Waals surface area contributed by atoms with Crippen molar-refractivity contribution in [3.05, 3.63) is 76.7 Å². The van der Waals surface area contributed by atoms with Crippen LogP contribution in [0, 0.1) is 23.7 Å². The van der Waals surface area contributed by atoms with Crippen LogP contribution in [0.15, 0.2) is 48.8 Å². The molecule has 172 valence electrons. The number of morpholine rings is 1. The monoisotopic (exact) mass is 455 g/mol. The van der Waals surface area contributed by atoms with Gasteiger partial charge in [0.15, 0.2) is 0 Å². The Hall–Kier alpha value is -4.29. The number of ether oxygens (including phenoxy) is 1. The molecular weight excluding hydrogens is 430 g/mol. The number of benzene rings is 1. The van der Waals surface area contributed by atoms with Crippen molar-refractivity contribution < 1.29 is 9.53 Å². The molecule has 3 aromatic rings. The number of pyridine rings is 2. The van der Waals surface area contributed by atoms with Crippen LogP contribution in [0.4, 0.5) is 17.2 Å². The van der Waals surface area contributed by atoms with Crippen LogP contribution in [0.5, 0.6) is 0 Å². The van der Waals surface area contributed by atoms with Crippen molar-refractivity contribution in [2.24, 2.45) is 0 Å².